The lowest BCUT2D eigenvalue weighted by Gasteiger charge is -2.40. The number of carbonyl (C=O) groups excluding carboxylic acids is 2. The van der Waals surface area contributed by atoms with Crippen molar-refractivity contribution >= 4 is 46.7 Å². The maximum absolute atomic E-state index is 13.0. The van der Waals surface area contributed by atoms with Gasteiger partial charge in [-0.2, -0.15) is 0 Å². The highest BCUT2D eigenvalue weighted by atomic mass is 35.5. The van der Waals surface area contributed by atoms with Gasteiger partial charge < -0.3 is 15.1 Å². The van der Waals surface area contributed by atoms with Gasteiger partial charge in [0.2, 0.25) is 11.8 Å². The van der Waals surface area contributed by atoms with E-state index >= 15 is 0 Å². The highest BCUT2D eigenvalue weighted by Gasteiger charge is 2.37. The molecule has 1 aliphatic carbocycles. The van der Waals surface area contributed by atoms with Gasteiger partial charge in [-0.15, -0.1) is 0 Å². The van der Waals surface area contributed by atoms with E-state index in [4.69, 9.17) is 11.6 Å². The van der Waals surface area contributed by atoms with Crippen LogP contribution in [0.15, 0.2) is 35.5 Å². The van der Waals surface area contributed by atoms with Gasteiger partial charge in [-0.05, 0) is 44.0 Å². The van der Waals surface area contributed by atoms with Crippen LogP contribution in [-0.2, 0) is 9.59 Å². The Labute approximate surface area is 189 Å². The molecule has 2 amide bonds. The zero-order valence-electron chi connectivity index (χ0n) is 17.1. The van der Waals surface area contributed by atoms with Gasteiger partial charge in [-0.3, -0.25) is 9.59 Å². The van der Waals surface area contributed by atoms with Crippen LogP contribution in [0.2, 0.25) is 5.15 Å². The quantitative estimate of drug-likeness (QED) is 0.401. The van der Waals surface area contributed by atoms with Gasteiger partial charge in [-0.25, -0.2) is 14.4 Å². The number of halogens is 2. The number of aromatic nitrogens is 2. The lowest BCUT2D eigenvalue weighted by atomic mass is 10.1. The summed E-state index contributed by atoms with van der Waals surface area (Å²) >= 11 is 7.38. The number of rotatable bonds is 6. The molecule has 7 nitrogen and oxygen atoms in total. The number of nitrogens with zero attached hydrogens (tertiary/aromatic N) is 4. The molecule has 1 N–H and O–H groups in total. The van der Waals surface area contributed by atoms with Crippen LogP contribution in [0.3, 0.4) is 0 Å². The Morgan fingerprint density at radius 3 is 2.65 bits per heavy atom. The molecule has 1 aliphatic heterocycles. The molecule has 2 fully saturated rings. The Bertz CT molecular complexity index is 973. The summed E-state index contributed by atoms with van der Waals surface area (Å²) in [6, 6.07) is 7.37. The summed E-state index contributed by atoms with van der Waals surface area (Å²) in [7, 11) is 0. The smallest absolute Gasteiger partial charge is 0.234 e. The summed E-state index contributed by atoms with van der Waals surface area (Å²) in [5.74, 6) is 0.647. The van der Waals surface area contributed by atoms with Crippen molar-refractivity contribution in [3.8, 4) is 0 Å². The lowest BCUT2D eigenvalue weighted by Crippen LogP contribution is -2.54. The van der Waals surface area contributed by atoms with Gasteiger partial charge in [0.1, 0.15) is 16.8 Å². The second-order valence-corrected chi connectivity index (χ2v) is 9.11. The molecule has 1 saturated heterocycles. The van der Waals surface area contributed by atoms with Crippen LogP contribution in [0.25, 0.3) is 0 Å². The molecule has 1 unspecified atom stereocenters. The van der Waals surface area contributed by atoms with Crippen LogP contribution >= 0.6 is 23.4 Å². The fraction of sp³-hybridized carbons (Fsp3) is 0.429. The summed E-state index contributed by atoms with van der Waals surface area (Å²) in [5, 5.41) is 3.41. The summed E-state index contributed by atoms with van der Waals surface area (Å²) in [6.45, 7) is 4.04. The van der Waals surface area contributed by atoms with Crippen LogP contribution < -0.4 is 10.2 Å². The van der Waals surface area contributed by atoms with Crippen molar-refractivity contribution < 1.29 is 14.0 Å². The normalized spacial score (nSPS) is 18.7. The van der Waals surface area contributed by atoms with Crippen molar-refractivity contribution in [1.29, 1.82) is 0 Å². The molecule has 2 aliphatic rings. The van der Waals surface area contributed by atoms with Crippen molar-refractivity contribution in [2.45, 2.75) is 31.0 Å². The maximum Gasteiger partial charge on any atom is 0.234 e. The molecule has 10 heteroatoms. The van der Waals surface area contributed by atoms with Gasteiger partial charge >= 0.3 is 0 Å². The number of nitrogens with one attached hydrogen (secondary N) is 1. The number of hydrogen-bond donors (Lipinski definition) is 1. The van der Waals surface area contributed by atoms with Crippen molar-refractivity contribution in [2.75, 3.05) is 35.6 Å². The van der Waals surface area contributed by atoms with E-state index in [9.17, 15) is 14.0 Å². The lowest BCUT2D eigenvalue weighted by molar-refractivity contribution is -0.135. The van der Waals surface area contributed by atoms with Crippen LogP contribution in [0.1, 0.15) is 19.8 Å². The fourth-order valence-corrected chi connectivity index (χ4v) is 4.41. The summed E-state index contributed by atoms with van der Waals surface area (Å²) in [4.78, 5) is 37.4. The van der Waals surface area contributed by atoms with E-state index in [1.54, 1.807) is 6.07 Å². The molecule has 1 saturated carbocycles. The predicted octanol–water partition coefficient (Wildman–Crippen LogP) is 3.45. The first-order chi connectivity index (χ1) is 14.9. The number of piperazine rings is 1. The topological polar surface area (TPSA) is 78.4 Å². The van der Waals surface area contributed by atoms with Crippen LogP contribution in [0.5, 0.6) is 0 Å². The monoisotopic (exact) mass is 463 g/mol. The molecular weight excluding hydrogens is 441 g/mol. The first-order valence-corrected chi connectivity index (χ1v) is 11.5. The second kappa shape index (κ2) is 9.40. The Morgan fingerprint density at radius 1 is 1.23 bits per heavy atom. The molecule has 0 radical (unpaired) electrons. The third kappa shape index (κ3) is 5.65. The first-order valence-electron chi connectivity index (χ1n) is 10.2. The molecule has 2 aromatic rings. The van der Waals surface area contributed by atoms with E-state index < -0.39 is 0 Å². The van der Waals surface area contributed by atoms with Crippen molar-refractivity contribution in [3.05, 3.63) is 41.3 Å². The molecule has 1 aromatic heterocycles. The minimum Gasteiger partial charge on any atom is -0.353 e. The molecule has 164 valence electrons. The summed E-state index contributed by atoms with van der Waals surface area (Å²) in [6.07, 6.45) is 2.01. The van der Waals surface area contributed by atoms with E-state index in [-0.39, 0.29) is 35.3 Å². The highest BCUT2D eigenvalue weighted by Crippen LogP contribution is 2.33. The predicted molar refractivity (Wildman–Crippen MR) is 119 cm³/mol. The van der Waals surface area contributed by atoms with E-state index in [1.807, 2.05) is 11.8 Å². The van der Waals surface area contributed by atoms with E-state index in [2.05, 4.69) is 20.2 Å². The third-order valence-electron chi connectivity index (χ3n) is 5.28. The number of benzene rings is 1. The third-order valence-corrected chi connectivity index (χ3v) is 6.32. The van der Waals surface area contributed by atoms with Crippen LogP contribution in [0.4, 0.5) is 15.9 Å². The summed E-state index contributed by atoms with van der Waals surface area (Å²) < 4.78 is 13.0. The molecule has 0 bridgehead atoms. The molecular formula is C21H23ClFN5O2S. The van der Waals surface area contributed by atoms with Gasteiger partial charge in [-0.1, -0.05) is 23.4 Å². The Kier molecular flexibility index (Phi) is 6.62. The van der Waals surface area contributed by atoms with Crippen molar-refractivity contribution in [1.82, 2.24) is 14.9 Å². The first kappa shape index (κ1) is 21.8. The molecule has 1 aromatic carbocycles. The number of carbonyl (C=O) groups is 2. The summed E-state index contributed by atoms with van der Waals surface area (Å²) in [5.41, 5.74) is 0.521. The van der Waals surface area contributed by atoms with Crippen molar-refractivity contribution in [2.24, 2.45) is 5.92 Å². The van der Waals surface area contributed by atoms with Crippen LogP contribution in [-0.4, -0.2) is 58.1 Å². The van der Waals surface area contributed by atoms with E-state index in [0.29, 0.717) is 41.4 Å². The van der Waals surface area contributed by atoms with Gasteiger partial charge in [0.25, 0.3) is 0 Å². The Hall–Kier alpha value is -2.39. The number of hydrogen-bond acceptors (Lipinski definition) is 6. The average molecular weight is 464 g/mol. The number of amides is 2. The van der Waals surface area contributed by atoms with Gasteiger partial charge in [0, 0.05) is 43.3 Å². The molecule has 2 heterocycles. The molecule has 4 rings (SSSR count). The van der Waals surface area contributed by atoms with Crippen LogP contribution in [0, 0.1) is 11.7 Å². The van der Waals surface area contributed by atoms with E-state index in [1.165, 1.54) is 36.0 Å². The average Bonchev–Trinajstić information content (AvgIpc) is 3.58. The fourth-order valence-electron chi connectivity index (χ4n) is 3.53. The van der Waals surface area contributed by atoms with Gasteiger partial charge in [0.15, 0.2) is 5.16 Å². The number of thioether (sulfide) groups is 1. The molecule has 31 heavy (non-hydrogen) atoms. The zero-order chi connectivity index (χ0) is 22.0. The number of anilines is 2. The molecule has 1 atom stereocenters. The maximum atomic E-state index is 13.0. The van der Waals surface area contributed by atoms with Gasteiger partial charge in [0.05, 0.1) is 5.75 Å². The minimum absolute atomic E-state index is 0.0909. The Morgan fingerprint density at radius 2 is 1.97 bits per heavy atom. The zero-order valence-corrected chi connectivity index (χ0v) is 18.6. The van der Waals surface area contributed by atoms with Crippen molar-refractivity contribution in [3.63, 3.8) is 0 Å². The molecule has 0 spiro atoms. The minimum atomic E-state index is -0.362. The van der Waals surface area contributed by atoms with E-state index in [0.717, 1.165) is 12.8 Å². The SMILES string of the molecule is CC1CN(c2cc(Cl)nc(SCC(=O)Nc3ccc(F)cc3)n2)CCN1C(=O)C1CC1. The largest absolute Gasteiger partial charge is 0.353 e. The Balaban J connectivity index is 1.35. The second-order valence-electron chi connectivity index (χ2n) is 7.78. The highest BCUT2D eigenvalue weighted by molar-refractivity contribution is 7.99. The standard InChI is InChI=1S/C21H23ClFN5O2S/c1-13-11-27(8-9-28(13)20(30)14-2-3-14)18-10-17(22)25-21(26-18)31-12-19(29)24-16-6-4-15(23)5-7-16/h4-7,10,13-14H,2-3,8-9,11-12H2,1H3,(H,24,29).